The lowest BCUT2D eigenvalue weighted by atomic mass is 9.92. The summed E-state index contributed by atoms with van der Waals surface area (Å²) in [5.41, 5.74) is 1.84. The number of carbonyl (C=O) groups excluding carboxylic acids is 1. The smallest absolute Gasteiger partial charge is 0.276 e. The van der Waals surface area contributed by atoms with Crippen LogP contribution in [0.4, 0.5) is 0 Å². The van der Waals surface area contributed by atoms with E-state index in [9.17, 15) is 9.90 Å². The first-order chi connectivity index (χ1) is 11.5. The molecule has 24 heavy (non-hydrogen) atoms. The Morgan fingerprint density at radius 2 is 2.08 bits per heavy atom. The van der Waals surface area contributed by atoms with Crippen molar-refractivity contribution in [2.45, 2.75) is 32.8 Å². The van der Waals surface area contributed by atoms with Crippen LogP contribution in [0.3, 0.4) is 0 Å². The fourth-order valence-corrected chi connectivity index (χ4v) is 3.30. The summed E-state index contributed by atoms with van der Waals surface area (Å²) < 4.78 is 1.63. The standard InChI is InChI=1S/C17H21ClN4O2/c1-11-16(17(24)21-8-6-13(7-9-21)12(2)23)19-20-22(11)15-5-3-4-14(18)10-15/h3-5,10,12-13,23H,6-9H2,1-2H3. The summed E-state index contributed by atoms with van der Waals surface area (Å²) in [7, 11) is 0. The van der Waals surface area contributed by atoms with Gasteiger partial charge in [-0.05, 0) is 50.8 Å². The lowest BCUT2D eigenvalue weighted by Gasteiger charge is -2.32. The zero-order valence-electron chi connectivity index (χ0n) is 13.8. The molecule has 2 heterocycles. The van der Waals surface area contributed by atoms with E-state index in [2.05, 4.69) is 10.3 Å². The van der Waals surface area contributed by atoms with E-state index in [0.29, 0.717) is 29.5 Å². The topological polar surface area (TPSA) is 71.2 Å². The zero-order valence-corrected chi connectivity index (χ0v) is 14.6. The minimum atomic E-state index is -0.326. The van der Waals surface area contributed by atoms with E-state index in [1.165, 1.54) is 0 Å². The summed E-state index contributed by atoms with van der Waals surface area (Å²) in [5.74, 6) is 0.155. The van der Waals surface area contributed by atoms with Crippen molar-refractivity contribution in [3.8, 4) is 5.69 Å². The quantitative estimate of drug-likeness (QED) is 0.924. The molecule has 1 N–H and O–H groups in total. The van der Waals surface area contributed by atoms with Crippen molar-refractivity contribution < 1.29 is 9.90 Å². The minimum absolute atomic E-state index is 0.107. The van der Waals surface area contributed by atoms with Gasteiger partial charge in [-0.3, -0.25) is 4.79 Å². The van der Waals surface area contributed by atoms with E-state index >= 15 is 0 Å². The number of aromatic nitrogens is 3. The molecule has 1 aromatic carbocycles. The Kier molecular flexibility index (Phi) is 4.87. The first kappa shape index (κ1) is 16.9. The first-order valence-electron chi connectivity index (χ1n) is 8.13. The highest BCUT2D eigenvalue weighted by molar-refractivity contribution is 6.30. The SMILES string of the molecule is Cc1c(C(=O)N2CCC(C(C)O)CC2)nnn1-c1cccc(Cl)c1. The highest BCUT2D eigenvalue weighted by Crippen LogP contribution is 2.23. The number of aliphatic hydroxyl groups is 1. The molecule has 1 aliphatic heterocycles. The van der Waals surface area contributed by atoms with Crippen LogP contribution in [0.5, 0.6) is 0 Å². The molecule has 0 radical (unpaired) electrons. The van der Waals surface area contributed by atoms with Crippen molar-refractivity contribution in [3.05, 3.63) is 40.7 Å². The Morgan fingerprint density at radius 1 is 1.38 bits per heavy atom. The third-order valence-electron chi connectivity index (χ3n) is 4.66. The number of aliphatic hydroxyl groups excluding tert-OH is 1. The van der Waals surface area contributed by atoms with Crippen molar-refractivity contribution in [3.63, 3.8) is 0 Å². The number of hydrogen-bond donors (Lipinski definition) is 1. The molecule has 1 aromatic heterocycles. The van der Waals surface area contributed by atoms with Crippen LogP contribution in [-0.4, -0.2) is 50.1 Å². The van der Waals surface area contributed by atoms with E-state index in [4.69, 9.17) is 11.6 Å². The van der Waals surface area contributed by atoms with Gasteiger partial charge < -0.3 is 10.0 Å². The summed E-state index contributed by atoms with van der Waals surface area (Å²) >= 11 is 6.02. The second kappa shape index (κ2) is 6.91. The average Bonchev–Trinajstić information content (AvgIpc) is 2.96. The Balaban J connectivity index is 1.78. The van der Waals surface area contributed by atoms with Crippen LogP contribution in [0.25, 0.3) is 5.69 Å². The molecule has 6 nitrogen and oxygen atoms in total. The van der Waals surface area contributed by atoms with Crippen LogP contribution in [-0.2, 0) is 0 Å². The van der Waals surface area contributed by atoms with Gasteiger partial charge in [-0.15, -0.1) is 5.10 Å². The molecule has 2 aromatic rings. The van der Waals surface area contributed by atoms with Gasteiger partial charge in [0.15, 0.2) is 5.69 Å². The number of benzene rings is 1. The molecular weight excluding hydrogens is 328 g/mol. The normalized spacial score (nSPS) is 17.1. The number of piperidine rings is 1. The monoisotopic (exact) mass is 348 g/mol. The lowest BCUT2D eigenvalue weighted by Crippen LogP contribution is -2.41. The fraction of sp³-hybridized carbons (Fsp3) is 0.471. The Bertz CT molecular complexity index is 736. The van der Waals surface area contributed by atoms with Crippen molar-refractivity contribution >= 4 is 17.5 Å². The maximum absolute atomic E-state index is 12.7. The summed E-state index contributed by atoms with van der Waals surface area (Å²) in [6.07, 6.45) is 1.29. The molecule has 7 heteroatoms. The predicted molar refractivity (Wildman–Crippen MR) is 91.4 cm³/mol. The van der Waals surface area contributed by atoms with Gasteiger partial charge in [-0.25, -0.2) is 4.68 Å². The average molecular weight is 349 g/mol. The second-order valence-corrected chi connectivity index (χ2v) is 6.72. The van der Waals surface area contributed by atoms with Gasteiger partial charge in [0.1, 0.15) is 0 Å². The number of amides is 1. The largest absolute Gasteiger partial charge is 0.393 e. The van der Waals surface area contributed by atoms with E-state index in [1.54, 1.807) is 21.7 Å². The molecule has 1 atom stereocenters. The van der Waals surface area contributed by atoms with Gasteiger partial charge in [0.25, 0.3) is 5.91 Å². The highest BCUT2D eigenvalue weighted by atomic mass is 35.5. The van der Waals surface area contributed by atoms with Crippen molar-refractivity contribution in [1.82, 2.24) is 19.9 Å². The molecule has 1 unspecified atom stereocenters. The van der Waals surface area contributed by atoms with Gasteiger partial charge in [0.05, 0.1) is 17.5 Å². The van der Waals surface area contributed by atoms with Crippen LogP contribution in [0, 0.1) is 12.8 Å². The van der Waals surface area contributed by atoms with Gasteiger partial charge in [0.2, 0.25) is 0 Å². The molecule has 128 valence electrons. The molecule has 0 aliphatic carbocycles. The van der Waals surface area contributed by atoms with Gasteiger partial charge in [0, 0.05) is 18.1 Å². The number of nitrogens with zero attached hydrogens (tertiary/aromatic N) is 4. The van der Waals surface area contributed by atoms with E-state index in [0.717, 1.165) is 18.5 Å². The lowest BCUT2D eigenvalue weighted by molar-refractivity contribution is 0.0516. The molecule has 1 saturated heterocycles. The molecule has 1 amide bonds. The van der Waals surface area contributed by atoms with E-state index in [-0.39, 0.29) is 17.9 Å². The maximum atomic E-state index is 12.7. The fourth-order valence-electron chi connectivity index (χ4n) is 3.11. The Labute approximate surface area is 146 Å². The third-order valence-corrected chi connectivity index (χ3v) is 4.89. The van der Waals surface area contributed by atoms with Crippen molar-refractivity contribution in [2.75, 3.05) is 13.1 Å². The molecule has 0 saturated carbocycles. The Hall–Kier alpha value is -1.92. The molecular formula is C17H21ClN4O2. The van der Waals surface area contributed by atoms with Crippen molar-refractivity contribution in [1.29, 1.82) is 0 Å². The maximum Gasteiger partial charge on any atom is 0.276 e. The van der Waals surface area contributed by atoms with Crippen LogP contribution in [0.2, 0.25) is 5.02 Å². The van der Waals surface area contributed by atoms with E-state index in [1.807, 2.05) is 26.0 Å². The highest BCUT2D eigenvalue weighted by Gasteiger charge is 2.28. The summed E-state index contributed by atoms with van der Waals surface area (Å²) in [5, 5.41) is 18.5. The summed E-state index contributed by atoms with van der Waals surface area (Å²) in [6, 6.07) is 7.28. The third kappa shape index (κ3) is 3.30. The van der Waals surface area contributed by atoms with Crippen molar-refractivity contribution in [2.24, 2.45) is 5.92 Å². The molecule has 1 aliphatic rings. The minimum Gasteiger partial charge on any atom is -0.393 e. The number of carbonyl (C=O) groups is 1. The predicted octanol–water partition coefficient (Wildman–Crippen LogP) is 2.46. The Morgan fingerprint density at radius 3 is 2.71 bits per heavy atom. The molecule has 3 rings (SSSR count). The van der Waals surface area contributed by atoms with Crippen LogP contribution >= 0.6 is 11.6 Å². The van der Waals surface area contributed by atoms with Gasteiger partial charge >= 0.3 is 0 Å². The van der Waals surface area contributed by atoms with Crippen LogP contribution < -0.4 is 0 Å². The first-order valence-corrected chi connectivity index (χ1v) is 8.50. The number of hydrogen-bond acceptors (Lipinski definition) is 4. The molecule has 1 fully saturated rings. The number of rotatable bonds is 3. The van der Waals surface area contributed by atoms with Gasteiger partial charge in [-0.2, -0.15) is 0 Å². The van der Waals surface area contributed by atoms with Crippen LogP contribution in [0.15, 0.2) is 24.3 Å². The van der Waals surface area contributed by atoms with E-state index < -0.39 is 0 Å². The number of likely N-dealkylation sites (tertiary alicyclic amines) is 1. The zero-order chi connectivity index (χ0) is 17.3. The number of halogens is 1. The molecule has 0 bridgehead atoms. The van der Waals surface area contributed by atoms with Gasteiger partial charge in [-0.1, -0.05) is 22.9 Å². The van der Waals surface area contributed by atoms with Crippen LogP contribution in [0.1, 0.15) is 35.9 Å². The molecule has 0 spiro atoms. The summed E-state index contributed by atoms with van der Waals surface area (Å²) in [4.78, 5) is 14.5. The summed E-state index contributed by atoms with van der Waals surface area (Å²) in [6.45, 7) is 4.91. The second-order valence-electron chi connectivity index (χ2n) is 6.29.